The predicted molar refractivity (Wildman–Crippen MR) is 111 cm³/mol. The second kappa shape index (κ2) is 8.58. The summed E-state index contributed by atoms with van der Waals surface area (Å²) in [6, 6.07) is 5.42. The van der Waals surface area contributed by atoms with Crippen molar-refractivity contribution >= 4 is 51.6 Å². The molecule has 9 heteroatoms. The largest absolute Gasteiger partial charge is 0.354 e. The first-order valence-corrected chi connectivity index (χ1v) is 9.69. The molecule has 2 aromatic heterocycles. The van der Waals surface area contributed by atoms with E-state index in [1.54, 1.807) is 25.4 Å². The maximum atomic E-state index is 12.5. The molecule has 3 aromatic rings. The van der Waals surface area contributed by atoms with E-state index in [-0.39, 0.29) is 12.2 Å². The molecular weight excluding hydrogens is 389 g/mol. The molecule has 3 rings (SSSR count). The van der Waals surface area contributed by atoms with Crippen LogP contribution in [0.2, 0.25) is 5.02 Å². The van der Waals surface area contributed by atoms with Gasteiger partial charge in [0.2, 0.25) is 0 Å². The van der Waals surface area contributed by atoms with Gasteiger partial charge in [-0.05, 0) is 37.1 Å². The van der Waals surface area contributed by atoms with Gasteiger partial charge in [0, 0.05) is 24.7 Å². The highest BCUT2D eigenvalue weighted by Gasteiger charge is 2.12. The molecule has 0 unspecified atom stereocenters. The number of pyridine rings is 1. The molecule has 0 fully saturated rings. The standard InChI is InChI=1S/C18H19ClFN5OS/c1-11-12(4-5-13-15(11)18(26)25(2)10-22-13)23-14-6-8-21-17(16(14)19)24-27-9-3-7-20/h4-6,8,10H,3,7,9H2,1-2H3,(H2,21,23,24). The molecule has 0 atom stereocenters. The highest BCUT2D eigenvalue weighted by atomic mass is 35.5. The van der Waals surface area contributed by atoms with Gasteiger partial charge in [-0.3, -0.25) is 9.18 Å². The van der Waals surface area contributed by atoms with Crippen LogP contribution < -0.4 is 15.6 Å². The Kier molecular flexibility index (Phi) is 6.18. The van der Waals surface area contributed by atoms with Crippen LogP contribution >= 0.6 is 23.5 Å². The molecule has 6 nitrogen and oxygen atoms in total. The highest BCUT2D eigenvalue weighted by Crippen LogP contribution is 2.33. The Balaban J connectivity index is 1.90. The van der Waals surface area contributed by atoms with Gasteiger partial charge >= 0.3 is 0 Å². The Bertz CT molecular complexity index is 1030. The topological polar surface area (TPSA) is 71.8 Å². The smallest absolute Gasteiger partial charge is 0.261 e. The number of halogens is 2. The monoisotopic (exact) mass is 407 g/mol. The summed E-state index contributed by atoms with van der Waals surface area (Å²) in [4.78, 5) is 21.0. The average molecular weight is 408 g/mol. The molecule has 27 heavy (non-hydrogen) atoms. The number of alkyl halides is 1. The van der Waals surface area contributed by atoms with Gasteiger partial charge in [0.15, 0.2) is 5.82 Å². The van der Waals surface area contributed by atoms with Gasteiger partial charge in [0.1, 0.15) is 5.02 Å². The second-order valence-corrected chi connectivity index (χ2v) is 7.21. The zero-order valence-electron chi connectivity index (χ0n) is 14.9. The summed E-state index contributed by atoms with van der Waals surface area (Å²) in [5.41, 5.74) is 2.75. The minimum atomic E-state index is -0.354. The van der Waals surface area contributed by atoms with E-state index >= 15 is 0 Å². The van der Waals surface area contributed by atoms with E-state index in [4.69, 9.17) is 11.6 Å². The third-order valence-corrected chi connectivity index (χ3v) is 5.27. The van der Waals surface area contributed by atoms with Gasteiger partial charge in [0.25, 0.3) is 5.56 Å². The quantitative estimate of drug-likeness (QED) is 0.445. The molecule has 0 amide bonds. The molecule has 0 aliphatic heterocycles. The number of hydrogen-bond acceptors (Lipinski definition) is 6. The number of hydrogen-bond donors (Lipinski definition) is 2. The molecule has 1 aromatic carbocycles. The summed E-state index contributed by atoms with van der Waals surface area (Å²) in [6.45, 7) is 1.52. The number of rotatable bonds is 7. The lowest BCUT2D eigenvalue weighted by atomic mass is 10.1. The van der Waals surface area contributed by atoms with Crippen molar-refractivity contribution < 1.29 is 4.39 Å². The van der Waals surface area contributed by atoms with Crippen LogP contribution in [0.1, 0.15) is 12.0 Å². The van der Waals surface area contributed by atoms with Crippen molar-refractivity contribution in [3.63, 3.8) is 0 Å². The number of aryl methyl sites for hydroxylation is 2. The zero-order chi connectivity index (χ0) is 19.4. The number of anilines is 3. The van der Waals surface area contributed by atoms with E-state index in [9.17, 15) is 9.18 Å². The fourth-order valence-electron chi connectivity index (χ4n) is 2.59. The van der Waals surface area contributed by atoms with Crippen LogP contribution in [0.3, 0.4) is 0 Å². The van der Waals surface area contributed by atoms with Gasteiger partial charge in [0.05, 0.1) is 29.6 Å². The molecule has 0 aliphatic rings. The van der Waals surface area contributed by atoms with E-state index < -0.39 is 0 Å². The third kappa shape index (κ3) is 4.17. The van der Waals surface area contributed by atoms with Crippen LogP contribution in [0.4, 0.5) is 21.6 Å². The van der Waals surface area contributed by atoms with Gasteiger partial charge in [-0.25, -0.2) is 9.97 Å². The molecule has 2 N–H and O–H groups in total. The molecule has 0 bridgehead atoms. The third-order valence-electron chi connectivity index (χ3n) is 4.05. The van der Waals surface area contributed by atoms with E-state index in [1.165, 1.54) is 22.8 Å². The summed E-state index contributed by atoms with van der Waals surface area (Å²) >= 11 is 7.80. The Morgan fingerprint density at radius 3 is 2.85 bits per heavy atom. The summed E-state index contributed by atoms with van der Waals surface area (Å²) in [7, 11) is 1.67. The van der Waals surface area contributed by atoms with Crippen molar-refractivity contribution in [2.75, 3.05) is 22.5 Å². The molecule has 142 valence electrons. The Morgan fingerprint density at radius 1 is 1.26 bits per heavy atom. The van der Waals surface area contributed by atoms with Crippen LogP contribution in [0.5, 0.6) is 0 Å². The van der Waals surface area contributed by atoms with Crippen LogP contribution in [-0.4, -0.2) is 27.0 Å². The lowest BCUT2D eigenvalue weighted by Gasteiger charge is -2.14. The Morgan fingerprint density at radius 2 is 2.07 bits per heavy atom. The molecular formula is C18H19ClFN5OS. The summed E-state index contributed by atoms with van der Waals surface area (Å²) in [5, 5.41) is 4.25. The maximum Gasteiger partial charge on any atom is 0.261 e. The first-order valence-electron chi connectivity index (χ1n) is 8.33. The summed E-state index contributed by atoms with van der Waals surface area (Å²) < 4.78 is 16.7. The molecule has 0 spiro atoms. The van der Waals surface area contributed by atoms with E-state index in [1.807, 2.05) is 13.0 Å². The number of nitrogens with one attached hydrogen (secondary N) is 2. The van der Waals surface area contributed by atoms with Gasteiger partial charge in [-0.15, -0.1) is 0 Å². The number of aromatic nitrogens is 3. The van der Waals surface area contributed by atoms with Crippen molar-refractivity contribution in [3.8, 4) is 0 Å². The van der Waals surface area contributed by atoms with Crippen molar-refractivity contribution in [2.45, 2.75) is 13.3 Å². The molecule has 0 saturated carbocycles. The number of nitrogens with zero attached hydrogens (tertiary/aromatic N) is 3. The lowest BCUT2D eigenvalue weighted by molar-refractivity contribution is 0.489. The van der Waals surface area contributed by atoms with Crippen molar-refractivity contribution in [1.29, 1.82) is 0 Å². The minimum absolute atomic E-state index is 0.103. The Labute approximate surface area is 165 Å². The van der Waals surface area contributed by atoms with Gasteiger partial charge in [-0.2, -0.15) is 0 Å². The number of fused-ring (bicyclic) bond motifs is 1. The minimum Gasteiger partial charge on any atom is -0.354 e. The van der Waals surface area contributed by atoms with Crippen molar-refractivity contribution in [1.82, 2.24) is 14.5 Å². The van der Waals surface area contributed by atoms with Crippen LogP contribution in [0, 0.1) is 6.92 Å². The number of benzene rings is 1. The molecule has 0 saturated heterocycles. The highest BCUT2D eigenvalue weighted by molar-refractivity contribution is 8.00. The SMILES string of the molecule is Cc1c(Nc2ccnc(NSCCCF)c2Cl)ccc2ncn(C)c(=O)c12. The maximum absolute atomic E-state index is 12.5. The van der Waals surface area contributed by atoms with Crippen molar-refractivity contribution in [2.24, 2.45) is 7.05 Å². The normalized spacial score (nSPS) is 11.0. The summed E-state index contributed by atoms with van der Waals surface area (Å²) in [6.07, 6.45) is 3.60. The van der Waals surface area contributed by atoms with Crippen LogP contribution in [0.15, 0.2) is 35.5 Å². The van der Waals surface area contributed by atoms with E-state index in [0.29, 0.717) is 39.6 Å². The van der Waals surface area contributed by atoms with E-state index in [2.05, 4.69) is 20.0 Å². The first-order chi connectivity index (χ1) is 13.0. The van der Waals surface area contributed by atoms with Gasteiger partial charge < -0.3 is 14.6 Å². The molecule has 0 aliphatic carbocycles. The molecule has 2 heterocycles. The van der Waals surface area contributed by atoms with E-state index in [0.717, 1.165) is 11.3 Å². The first kappa shape index (κ1) is 19.4. The average Bonchev–Trinajstić information content (AvgIpc) is 2.66. The molecule has 0 radical (unpaired) electrons. The van der Waals surface area contributed by atoms with Crippen molar-refractivity contribution in [3.05, 3.63) is 51.7 Å². The van der Waals surface area contributed by atoms with Crippen LogP contribution in [-0.2, 0) is 7.05 Å². The second-order valence-electron chi connectivity index (χ2n) is 5.93. The van der Waals surface area contributed by atoms with Gasteiger partial charge in [-0.1, -0.05) is 23.5 Å². The zero-order valence-corrected chi connectivity index (χ0v) is 16.5. The lowest BCUT2D eigenvalue weighted by Crippen LogP contribution is -2.18. The predicted octanol–water partition coefficient (Wildman–Crippen LogP) is 4.45. The summed E-state index contributed by atoms with van der Waals surface area (Å²) in [5.74, 6) is 1.12. The Hall–Kier alpha value is -2.32. The fourth-order valence-corrected chi connectivity index (χ4v) is 3.50. The van der Waals surface area contributed by atoms with Crippen LogP contribution in [0.25, 0.3) is 10.9 Å². The fraction of sp³-hybridized carbons (Fsp3) is 0.278.